The molecule has 0 aliphatic carbocycles. The lowest BCUT2D eigenvalue weighted by Crippen LogP contribution is -2.15. The average molecular weight is 501 g/mol. The van der Waals surface area contributed by atoms with Gasteiger partial charge in [-0.15, -0.1) is 0 Å². The zero-order valence-electron chi connectivity index (χ0n) is 16.9. The molecule has 0 unspecified atom stereocenters. The second-order valence-corrected chi connectivity index (χ2v) is 8.35. The summed E-state index contributed by atoms with van der Waals surface area (Å²) < 4.78 is 39.6. The summed E-state index contributed by atoms with van der Waals surface area (Å²) in [5.41, 5.74) is 3.38. The van der Waals surface area contributed by atoms with Crippen molar-refractivity contribution in [1.82, 2.24) is 19.7 Å². The molecule has 5 rings (SSSR count). The van der Waals surface area contributed by atoms with Gasteiger partial charge in [0, 0.05) is 35.2 Å². The van der Waals surface area contributed by atoms with Crippen LogP contribution in [0.3, 0.4) is 0 Å². The quantitative estimate of drug-likeness (QED) is 0.356. The molecule has 2 aromatic heterocycles. The van der Waals surface area contributed by atoms with E-state index < -0.39 is 13.0 Å². The largest absolute Gasteiger partial charge is 0.487 e. The Hall–Kier alpha value is -2.91. The SMILES string of the molecule is FC(F)Cn1cc(-c2ncnc3cc(O[C@H]4CCOC4)c(Br)cc23)c(-c2ccccc2)n1. The topological polar surface area (TPSA) is 62.1 Å². The van der Waals surface area contributed by atoms with Crippen molar-refractivity contribution >= 4 is 26.8 Å². The van der Waals surface area contributed by atoms with Crippen LogP contribution in [0.1, 0.15) is 6.42 Å². The molecule has 1 saturated heterocycles. The van der Waals surface area contributed by atoms with Gasteiger partial charge in [-0.2, -0.15) is 5.10 Å². The molecule has 0 amide bonds. The van der Waals surface area contributed by atoms with Crippen LogP contribution in [0.2, 0.25) is 0 Å². The lowest BCUT2D eigenvalue weighted by atomic mass is 10.0. The van der Waals surface area contributed by atoms with Gasteiger partial charge >= 0.3 is 0 Å². The van der Waals surface area contributed by atoms with Crippen molar-refractivity contribution in [3.8, 4) is 28.3 Å². The fraction of sp³-hybridized carbons (Fsp3) is 0.261. The van der Waals surface area contributed by atoms with Gasteiger partial charge in [-0.05, 0) is 22.0 Å². The second kappa shape index (κ2) is 8.91. The molecule has 32 heavy (non-hydrogen) atoms. The van der Waals surface area contributed by atoms with Crippen molar-refractivity contribution in [3.63, 3.8) is 0 Å². The average Bonchev–Trinajstić information content (AvgIpc) is 3.44. The smallest absolute Gasteiger partial charge is 0.257 e. The van der Waals surface area contributed by atoms with Crippen LogP contribution >= 0.6 is 15.9 Å². The summed E-state index contributed by atoms with van der Waals surface area (Å²) in [6, 6.07) is 13.2. The van der Waals surface area contributed by atoms with Crippen LogP contribution in [0.5, 0.6) is 5.75 Å². The summed E-state index contributed by atoms with van der Waals surface area (Å²) in [7, 11) is 0. The van der Waals surface area contributed by atoms with Crippen LogP contribution in [0.25, 0.3) is 33.4 Å². The van der Waals surface area contributed by atoms with E-state index in [2.05, 4.69) is 31.0 Å². The van der Waals surface area contributed by atoms with Crippen LogP contribution in [-0.2, 0) is 11.3 Å². The van der Waals surface area contributed by atoms with E-state index in [1.807, 2.05) is 42.5 Å². The molecule has 0 spiro atoms. The number of aromatic nitrogens is 4. The monoisotopic (exact) mass is 500 g/mol. The number of hydrogen-bond donors (Lipinski definition) is 0. The van der Waals surface area contributed by atoms with E-state index in [1.165, 1.54) is 11.0 Å². The summed E-state index contributed by atoms with van der Waals surface area (Å²) in [6.07, 6.45) is 1.41. The van der Waals surface area contributed by atoms with Crippen LogP contribution < -0.4 is 4.74 Å². The summed E-state index contributed by atoms with van der Waals surface area (Å²) in [4.78, 5) is 8.91. The van der Waals surface area contributed by atoms with Crippen molar-refractivity contribution in [1.29, 1.82) is 0 Å². The zero-order chi connectivity index (χ0) is 22.1. The Bertz CT molecular complexity index is 1240. The van der Waals surface area contributed by atoms with Crippen molar-refractivity contribution < 1.29 is 18.3 Å². The lowest BCUT2D eigenvalue weighted by molar-refractivity contribution is 0.122. The van der Waals surface area contributed by atoms with E-state index in [9.17, 15) is 8.78 Å². The number of benzene rings is 2. The first-order valence-electron chi connectivity index (χ1n) is 10.2. The highest BCUT2D eigenvalue weighted by atomic mass is 79.9. The summed E-state index contributed by atoms with van der Waals surface area (Å²) in [5.74, 6) is 0.675. The molecule has 2 aromatic carbocycles. The highest BCUT2D eigenvalue weighted by molar-refractivity contribution is 9.10. The maximum atomic E-state index is 13.1. The molecule has 0 saturated carbocycles. The van der Waals surface area contributed by atoms with Crippen molar-refractivity contribution in [2.75, 3.05) is 13.2 Å². The fourth-order valence-corrected chi connectivity index (χ4v) is 4.22. The van der Waals surface area contributed by atoms with Crippen molar-refractivity contribution in [2.45, 2.75) is 25.5 Å². The summed E-state index contributed by atoms with van der Waals surface area (Å²) in [5, 5.41) is 5.21. The van der Waals surface area contributed by atoms with Gasteiger partial charge in [0.05, 0.1) is 28.9 Å². The molecule has 1 atom stereocenters. The van der Waals surface area contributed by atoms with Crippen LogP contribution in [0.15, 0.2) is 59.5 Å². The molecule has 9 heteroatoms. The van der Waals surface area contributed by atoms with E-state index in [4.69, 9.17) is 9.47 Å². The normalized spacial score (nSPS) is 16.2. The predicted molar refractivity (Wildman–Crippen MR) is 120 cm³/mol. The third-order valence-corrected chi connectivity index (χ3v) is 5.88. The van der Waals surface area contributed by atoms with Gasteiger partial charge in [0.25, 0.3) is 6.43 Å². The number of ether oxygens (including phenoxy) is 2. The minimum absolute atomic E-state index is 0.00215. The van der Waals surface area contributed by atoms with Crippen LogP contribution in [0.4, 0.5) is 8.78 Å². The number of halogens is 3. The molecule has 1 aliphatic rings. The minimum Gasteiger partial charge on any atom is -0.487 e. The van der Waals surface area contributed by atoms with E-state index >= 15 is 0 Å². The van der Waals surface area contributed by atoms with Gasteiger partial charge in [0.2, 0.25) is 0 Å². The zero-order valence-corrected chi connectivity index (χ0v) is 18.5. The van der Waals surface area contributed by atoms with E-state index in [0.717, 1.165) is 21.8 Å². The summed E-state index contributed by atoms with van der Waals surface area (Å²) >= 11 is 3.59. The Balaban J connectivity index is 1.62. The highest BCUT2D eigenvalue weighted by Crippen LogP contribution is 2.38. The maximum absolute atomic E-state index is 13.1. The third-order valence-electron chi connectivity index (χ3n) is 5.26. The number of hydrogen-bond acceptors (Lipinski definition) is 5. The van der Waals surface area contributed by atoms with Crippen LogP contribution in [0, 0.1) is 0 Å². The van der Waals surface area contributed by atoms with Crippen LogP contribution in [-0.4, -0.2) is 45.5 Å². The molecule has 4 aromatic rings. The highest BCUT2D eigenvalue weighted by Gasteiger charge is 2.21. The first kappa shape index (κ1) is 21.0. The molecule has 164 valence electrons. The Kier molecular flexibility index (Phi) is 5.84. The molecule has 0 bridgehead atoms. The number of fused-ring (bicyclic) bond motifs is 1. The Morgan fingerprint density at radius 1 is 1.16 bits per heavy atom. The second-order valence-electron chi connectivity index (χ2n) is 7.50. The molecular weight excluding hydrogens is 482 g/mol. The fourth-order valence-electron chi connectivity index (χ4n) is 3.79. The first-order valence-corrected chi connectivity index (χ1v) is 11.0. The van der Waals surface area contributed by atoms with Gasteiger partial charge in [-0.3, -0.25) is 4.68 Å². The summed E-state index contributed by atoms with van der Waals surface area (Å²) in [6.45, 7) is 0.754. The van der Waals surface area contributed by atoms with E-state index in [0.29, 0.717) is 41.4 Å². The number of alkyl halides is 2. The molecule has 0 radical (unpaired) electrons. The van der Waals surface area contributed by atoms with E-state index in [-0.39, 0.29) is 6.10 Å². The van der Waals surface area contributed by atoms with Gasteiger partial charge in [0.15, 0.2) is 0 Å². The van der Waals surface area contributed by atoms with Gasteiger partial charge in [0.1, 0.15) is 30.4 Å². The minimum atomic E-state index is -2.51. The van der Waals surface area contributed by atoms with Gasteiger partial charge in [-0.1, -0.05) is 30.3 Å². The van der Waals surface area contributed by atoms with Crippen molar-refractivity contribution in [2.24, 2.45) is 0 Å². The first-order chi connectivity index (χ1) is 15.6. The standard InChI is InChI=1S/C23H19BrF2N4O2/c24-18-8-16-19(9-20(18)32-15-6-7-31-12-15)27-13-28-23(16)17-10-30(11-21(25)26)29-22(17)14-4-2-1-3-5-14/h1-5,8-10,13,15,21H,6-7,11-12H2/t15-/m0/s1. The molecular formula is C23H19BrF2N4O2. The molecule has 6 nitrogen and oxygen atoms in total. The lowest BCUT2D eigenvalue weighted by Gasteiger charge is -2.14. The van der Waals surface area contributed by atoms with E-state index in [1.54, 1.807) is 6.20 Å². The number of rotatable bonds is 6. The Morgan fingerprint density at radius 3 is 2.75 bits per heavy atom. The Morgan fingerprint density at radius 2 is 2.00 bits per heavy atom. The number of nitrogens with zero attached hydrogens (tertiary/aromatic N) is 4. The van der Waals surface area contributed by atoms with Crippen molar-refractivity contribution in [3.05, 3.63) is 59.5 Å². The van der Waals surface area contributed by atoms with Gasteiger partial charge in [-0.25, -0.2) is 18.7 Å². The molecule has 1 aliphatic heterocycles. The Labute approximate surface area is 191 Å². The molecule has 3 heterocycles. The molecule has 0 N–H and O–H groups in total. The third kappa shape index (κ3) is 4.22. The van der Waals surface area contributed by atoms with Gasteiger partial charge < -0.3 is 9.47 Å². The molecule has 1 fully saturated rings. The maximum Gasteiger partial charge on any atom is 0.257 e. The predicted octanol–water partition coefficient (Wildman–Crippen LogP) is 5.36.